The minimum atomic E-state index is -4.48. The number of benzene rings is 1. The van der Waals surface area contributed by atoms with Crippen molar-refractivity contribution in [2.75, 3.05) is 0 Å². The Morgan fingerprint density at radius 1 is 1.00 bits per heavy atom. The summed E-state index contributed by atoms with van der Waals surface area (Å²) in [6.07, 6.45) is -4.48. The molecule has 94 valence electrons. The second-order valence-electron chi connectivity index (χ2n) is 2.52. The van der Waals surface area contributed by atoms with E-state index in [1.165, 1.54) is 13.0 Å². The third-order valence-corrected chi connectivity index (χ3v) is 1.46. The Kier molecular flexibility index (Phi) is 8.63. The third kappa shape index (κ3) is 5.63. The average Bonchev–Trinajstić information content (AvgIpc) is 2.26. The molecular formula is C12H19F3O. The van der Waals surface area contributed by atoms with Gasteiger partial charge in [0.05, 0.1) is 5.56 Å². The lowest BCUT2D eigenvalue weighted by Gasteiger charge is -2.08. The fraction of sp³-hybridized carbons (Fsp3) is 0.500. The standard InChI is InChI=1S/C8H7F3O.2C2H6/c1-5-2-3-7(12)6(4-5)8(9,10)11;2*1-2/h2-4,12H,1H3;2*1-2H3. The van der Waals surface area contributed by atoms with E-state index in [4.69, 9.17) is 5.11 Å². The SMILES string of the molecule is CC.CC.Cc1ccc(O)c(C(F)(F)F)c1. The quantitative estimate of drug-likeness (QED) is 0.687. The van der Waals surface area contributed by atoms with E-state index >= 15 is 0 Å². The van der Waals surface area contributed by atoms with Crippen molar-refractivity contribution in [1.82, 2.24) is 0 Å². The maximum Gasteiger partial charge on any atom is 0.419 e. The van der Waals surface area contributed by atoms with Crippen LogP contribution in [-0.2, 0) is 6.18 Å². The number of rotatable bonds is 0. The largest absolute Gasteiger partial charge is 0.507 e. The summed E-state index contributed by atoms with van der Waals surface area (Å²) in [7, 11) is 0. The summed E-state index contributed by atoms with van der Waals surface area (Å²) in [6, 6.07) is 3.37. The van der Waals surface area contributed by atoms with Crippen LogP contribution in [0.15, 0.2) is 18.2 Å². The van der Waals surface area contributed by atoms with Crippen LogP contribution in [0.2, 0.25) is 0 Å². The van der Waals surface area contributed by atoms with Crippen LogP contribution in [0.3, 0.4) is 0 Å². The van der Waals surface area contributed by atoms with E-state index in [1.807, 2.05) is 27.7 Å². The first-order valence-corrected chi connectivity index (χ1v) is 5.28. The summed E-state index contributed by atoms with van der Waals surface area (Å²) in [5.74, 6) is -0.729. The third-order valence-electron chi connectivity index (χ3n) is 1.46. The summed E-state index contributed by atoms with van der Waals surface area (Å²) in [6.45, 7) is 9.54. The van der Waals surface area contributed by atoms with Crippen LogP contribution < -0.4 is 0 Å². The highest BCUT2D eigenvalue weighted by molar-refractivity contribution is 5.37. The molecule has 0 amide bonds. The second-order valence-corrected chi connectivity index (χ2v) is 2.52. The number of aryl methyl sites for hydroxylation is 1. The number of phenolic OH excluding ortho intramolecular Hbond substituents is 1. The number of hydrogen-bond acceptors (Lipinski definition) is 1. The first-order chi connectivity index (χ1) is 7.41. The predicted molar refractivity (Wildman–Crippen MR) is 60.5 cm³/mol. The molecule has 0 atom stereocenters. The summed E-state index contributed by atoms with van der Waals surface area (Å²) in [4.78, 5) is 0. The van der Waals surface area contributed by atoms with Crippen molar-refractivity contribution in [3.63, 3.8) is 0 Å². The summed E-state index contributed by atoms with van der Waals surface area (Å²) in [5, 5.41) is 8.85. The van der Waals surface area contributed by atoms with Crippen LogP contribution in [0.25, 0.3) is 0 Å². The van der Waals surface area contributed by atoms with Gasteiger partial charge in [-0.3, -0.25) is 0 Å². The van der Waals surface area contributed by atoms with E-state index in [9.17, 15) is 13.2 Å². The molecule has 0 bridgehead atoms. The molecule has 0 saturated heterocycles. The Bertz CT molecular complexity index is 293. The highest BCUT2D eigenvalue weighted by atomic mass is 19.4. The molecule has 0 aliphatic rings. The van der Waals surface area contributed by atoms with Crippen LogP contribution in [0, 0.1) is 6.92 Å². The first-order valence-electron chi connectivity index (χ1n) is 5.28. The van der Waals surface area contributed by atoms with Gasteiger partial charge in [-0.15, -0.1) is 0 Å². The minimum absolute atomic E-state index is 0.472. The second kappa shape index (κ2) is 8.02. The van der Waals surface area contributed by atoms with Gasteiger partial charge in [-0.1, -0.05) is 39.3 Å². The van der Waals surface area contributed by atoms with Crippen molar-refractivity contribution in [3.05, 3.63) is 29.3 Å². The van der Waals surface area contributed by atoms with Crippen LogP contribution in [0.1, 0.15) is 38.8 Å². The maximum absolute atomic E-state index is 12.1. The maximum atomic E-state index is 12.1. The van der Waals surface area contributed by atoms with Crippen LogP contribution in [0.5, 0.6) is 5.75 Å². The normalized spacial score (nSPS) is 9.50. The van der Waals surface area contributed by atoms with Gasteiger partial charge in [0.2, 0.25) is 0 Å². The molecule has 0 aromatic heterocycles. The predicted octanol–water partition coefficient (Wildman–Crippen LogP) is 4.77. The Balaban J connectivity index is 0. The lowest BCUT2D eigenvalue weighted by molar-refractivity contribution is -0.138. The number of phenols is 1. The Hall–Kier alpha value is -1.19. The van der Waals surface area contributed by atoms with E-state index in [0.717, 1.165) is 12.1 Å². The number of halogens is 3. The van der Waals surface area contributed by atoms with Gasteiger partial charge in [0.1, 0.15) is 5.75 Å². The van der Waals surface area contributed by atoms with Crippen molar-refractivity contribution < 1.29 is 18.3 Å². The number of alkyl halides is 3. The number of aromatic hydroxyl groups is 1. The van der Waals surface area contributed by atoms with Crippen molar-refractivity contribution in [2.24, 2.45) is 0 Å². The Morgan fingerprint density at radius 3 is 1.75 bits per heavy atom. The van der Waals surface area contributed by atoms with Gasteiger partial charge in [-0.25, -0.2) is 0 Å². The van der Waals surface area contributed by atoms with Crippen molar-refractivity contribution in [2.45, 2.75) is 40.8 Å². The minimum Gasteiger partial charge on any atom is -0.507 e. The molecule has 0 aliphatic heterocycles. The Morgan fingerprint density at radius 2 is 1.44 bits per heavy atom. The fourth-order valence-electron chi connectivity index (χ4n) is 0.877. The fourth-order valence-corrected chi connectivity index (χ4v) is 0.877. The molecule has 16 heavy (non-hydrogen) atoms. The van der Waals surface area contributed by atoms with Gasteiger partial charge < -0.3 is 5.11 Å². The van der Waals surface area contributed by atoms with Crippen LogP contribution in [-0.4, -0.2) is 5.11 Å². The molecule has 1 aromatic carbocycles. The molecule has 0 heterocycles. The summed E-state index contributed by atoms with van der Waals surface area (Å²) >= 11 is 0. The lowest BCUT2D eigenvalue weighted by Crippen LogP contribution is -2.05. The summed E-state index contributed by atoms with van der Waals surface area (Å²) in [5.41, 5.74) is -0.511. The molecule has 0 radical (unpaired) electrons. The molecule has 0 saturated carbocycles. The average molecular weight is 236 g/mol. The number of hydrogen-bond donors (Lipinski definition) is 1. The molecule has 4 heteroatoms. The van der Waals surface area contributed by atoms with E-state index in [2.05, 4.69) is 0 Å². The van der Waals surface area contributed by atoms with Gasteiger partial charge in [-0.2, -0.15) is 13.2 Å². The van der Waals surface area contributed by atoms with Gasteiger partial charge >= 0.3 is 6.18 Å². The van der Waals surface area contributed by atoms with Gasteiger partial charge in [0.25, 0.3) is 0 Å². The van der Waals surface area contributed by atoms with Crippen molar-refractivity contribution in [1.29, 1.82) is 0 Å². The zero-order valence-electron chi connectivity index (χ0n) is 10.3. The van der Waals surface area contributed by atoms with E-state index in [-0.39, 0.29) is 0 Å². The molecule has 0 fully saturated rings. The van der Waals surface area contributed by atoms with E-state index < -0.39 is 17.5 Å². The molecule has 1 rings (SSSR count). The zero-order valence-corrected chi connectivity index (χ0v) is 10.3. The van der Waals surface area contributed by atoms with E-state index in [0.29, 0.717) is 5.56 Å². The van der Waals surface area contributed by atoms with Gasteiger partial charge in [-0.05, 0) is 19.1 Å². The highest BCUT2D eigenvalue weighted by Gasteiger charge is 2.33. The van der Waals surface area contributed by atoms with Crippen molar-refractivity contribution >= 4 is 0 Å². The van der Waals surface area contributed by atoms with Gasteiger partial charge in [0, 0.05) is 0 Å². The summed E-state index contributed by atoms with van der Waals surface area (Å²) < 4.78 is 36.2. The highest BCUT2D eigenvalue weighted by Crippen LogP contribution is 2.35. The topological polar surface area (TPSA) is 20.2 Å². The van der Waals surface area contributed by atoms with E-state index in [1.54, 1.807) is 0 Å². The molecule has 0 unspecified atom stereocenters. The molecule has 0 spiro atoms. The molecule has 0 aliphatic carbocycles. The molecule has 1 aromatic rings. The first kappa shape index (κ1) is 17.2. The zero-order chi connectivity index (χ0) is 13.4. The van der Waals surface area contributed by atoms with Crippen LogP contribution in [0.4, 0.5) is 13.2 Å². The molecule has 1 nitrogen and oxygen atoms in total. The van der Waals surface area contributed by atoms with Gasteiger partial charge in [0.15, 0.2) is 0 Å². The van der Waals surface area contributed by atoms with Crippen LogP contribution >= 0.6 is 0 Å². The molecule has 1 N–H and O–H groups in total. The Labute approximate surface area is 94.9 Å². The van der Waals surface area contributed by atoms with Crippen molar-refractivity contribution in [3.8, 4) is 5.75 Å². The monoisotopic (exact) mass is 236 g/mol. The molecular weight excluding hydrogens is 217 g/mol. The lowest BCUT2D eigenvalue weighted by atomic mass is 10.1. The smallest absolute Gasteiger partial charge is 0.419 e.